The number of ether oxygens (including phenoxy) is 2. The minimum Gasteiger partial charge on any atom is -0.496 e. The molecular weight excluding hydrogens is 318 g/mol. The van der Waals surface area contributed by atoms with E-state index in [9.17, 15) is 10.2 Å². The molecule has 2 N–H and O–H groups in total. The number of benzene rings is 1. The molecule has 1 spiro atoms. The third-order valence-corrected chi connectivity index (χ3v) is 5.96. The van der Waals surface area contributed by atoms with Crippen molar-refractivity contribution >= 4 is 0 Å². The molecule has 2 aliphatic heterocycles. The Kier molecular flexibility index (Phi) is 5.13. The average Bonchev–Trinajstić information content (AvgIpc) is 2.56. The van der Waals surface area contributed by atoms with Crippen LogP contribution in [0, 0.1) is 13.8 Å². The lowest BCUT2D eigenvalue weighted by atomic mass is 9.76. The predicted molar refractivity (Wildman–Crippen MR) is 96.9 cm³/mol. The lowest BCUT2D eigenvalue weighted by molar-refractivity contribution is -0.223. The van der Waals surface area contributed by atoms with E-state index in [-0.39, 0.29) is 12.2 Å². The topological polar surface area (TPSA) is 62.2 Å². The SMILES string of the molecule is COc1cc(C)c(CN2CCC3(CC2)C[C@](C)(O)[C@@H](O)CO3)cc1C. The lowest BCUT2D eigenvalue weighted by Gasteiger charge is -2.50. The highest BCUT2D eigenvalue weighted by Crippen LogP contribution is 2.40. The van der Waals surface area contributed by atoms with Crippen molar-refractivity contribution in [3.63, 3.8) is 0 Å². The van der Waals surface area contributed by atoms with Crippen LogP contribution in [0.4, 0.5) is 0 Å². The van der Waals surface area contributed by atoms with Gasteiger partial charge in [-0.05, 0) is 56.4 Å². The van der Waals surface area contributed by atoms with Crippen LogP contribution in [0.2, 0.25) is 0 Å². The Morgan fingerprint density at radius 3 is 2.52 bits per heavy atom. The molecule has 5 nitrogen and oxygen atoms in total. The highest BCUT2D eigenvalue weighted by molar-refractivity contribution is 5.41. The van der Waals surface area contributed by atoms with Crippen molar-refractivity contribution in [2.24, 2.45) is 0 Å². The first-order valence-corrected chi connectivity index (χ1v) is 9.16. The Bertz CT molecular complexity index is 620. The van der Waals surface area contributed by atoms with Crippen LogP contribution in [0.1, 0.15) is 42.9 Å². The van der Waals surface area contributed by atoms with Gasteiger partial charge in [0.2, 0.25) is 0 Å². The standard InChI is InChI=1S/C20H31NO4/c1-14-10-17(24-4)15(2)9-16(14)11-21-7-5-20(6-8-21)13-19(3,23)18(22)12-25-20/h9-10,18,22-23H,5-8,11-13H2,1-4H3/t18-,19-/m0/s1. The van der Waals surface area contributed by atoms with Gasteiger partial charge in [-0.3, -0.25) is 4.90 Å². The fourth-order valence-electron chi connectivity index (χ4n) is 4.18. The van der Waals surface area contributed by atoms with E-state index in [4.69, 9.17) is 9.47 Å². The van der Waals surface area contributed by atoms with E-state index in [0.29, 0.717) is 6.42 Å². The number of rotatable bonds is 3. The fourth-order valence-corrected chi connectivity index (χ4v) is 4.18. The molecule has 0 bridgehead atoms. The van der Waals surface area contributed by atoms with Crippen LogP contribution in [0.15, 0.2) is 12.1 Å². The largest absolute Gasteiger partial charge is 0.496 e. The Morgan fingerprint density at radius 2 is 1.92 bits per heavy atom. The van der Waals surface area contributed by atoms with Crippen molar-refractivity contribution in [3.8, 4) is 5.75 Å². The first-order valence-electron chi connectivity index (χ1n) is 9.16. The van der Waals surface area contributed by atoms with E-state index in [0.717, 1.165) is 43.8 Å². The number of aliphatic hydroxyl groups excluding tert-OH is 1. The van der Waals surface area contributed by atoms with E-state index >= 15 is 0 Å². The summed E-state index contributed by atoms with van der Waals surface area (Å²) in [5, 5.41) is 20.3. The molecule has 0 radical (unpaired) electrons. The van der Waals surface area contributed by atoms with Gasteiger partial charge in [0, 0.05) is 26.1 Å². The number of methoxy groups -OCH3 is 1. The highest BCUT2D eigenvalue weighted by Gasteiger charge is 2.48. The third-order valence-electron chi connectivity index (χ3n) is 5.96. The molecule has 0 amide bonds. The zero-order valence-corrected chi connectivity index (χ0v) is 15.8. The molecule has 2 atom stereocenters. The van der Waals surface area contributed by atoms with E-state index in [2.05, 4.69) is 30.9 Å². The first kappa shape index (κ1) is 18.6. The van der Waals surface area contributed by atoms with Crippen LogP contribution in [0.3, 0.4) is 0 Å². The van der Waals surface area contributed by atoms with E-state index in [1.54, 1.807) is 14.0 Å². The summed E-state index contributed by atoms with van der Waals surface area (Å²) in [7, 11) is 1.71. The van der Waals surface area contributed by atoms with E-state index in [1.807, 2.05) is 0 Å². The van der Waals surface area contributed by atoms with Crippen LogP contribution >= 0.6 is 0 Å². The van der Waals surface area contributed by atoms with Crippen molar-refractivity contribution in [3.05, 3.63) is 28.8 Å². The average molecular weight is 349 g/mol. The Labute approximate surface area is 150 Å². The Hall–Kier alpha value is -1.14. The Balaban J connectivity index is 1.63. The number of piperidine rings is 1. The zero-order chi connectivity index (χ0) is 18.2. The predicted octanol–water partition coefficient (Wildman–Crippen LogP) is 2.18. The monoisotopic (exact) mass is 349 g/mol. The van der Waals surface area contributed by atoms with Crippen LogP contribution < -0.4 is 4.74 Å². The first-order chi connectivity index (χ1) is 11.7. The van der Waals surface area contributed by atoms with Crippen LogP contribution in [-0.4, -0.2) is 59.2 Å². The van der Waals surface area contributed by atoms with E-state index in [1.165, 1.54) is 11.1 Å². The maximum Gasteiger partial charge on any atom is 0.122 e. The number of likely N-dealkylation sites (tertiary alicyclic amines) is 1. The number of hydrogen-bond donors (Lipinski definition) is 2. The summed E-state index contributed by atoms with van der Waals surface area (Å²) in [6.07, 6.45) is 1.50. The van der Waals surface area contributed by atoms with Gasteiger partial charge >= 0.3 is 0 Å². The van der Waals surface area contributed by atoms with Crippen molar-refractivity contribution in [2.75, 3.05) is 26.8 Å². The van der Waals surface area contributed by atoms with Gasteiger partial charge in [-0.25, -0.2) is 0 Å². The van der Waals surface area contributed by atoms with Gasteiger partial charge in [0.1, 0.15) is 11.9 Å². The molecule has 2 fully saturated rings. The minimum atomic E-state index is -1.05. The lowest BCUT2D eigenvalue weighted by Crippen LogP contribution is -2.59. The molecule has 1 aromatic carbocycles. The molecule has 25 heavy (non-hydrogen) atoms. The zero-order valence-electron chi connectivity index (χ0n) is 15.8. The second-order valence-electron chi connectivity index (χ2n) is 8.07. The second kappa shape index (κ2) is 6.88. The molecule has 2 aliphatic rings. The molecular formula is C20H31NO4. The summed E-state index contributed by atoms with van der Waals surface area (Å²) in [5.41, 5.74) is 2.41. The van der Waals surface area contributed by atoms with Gasteiger partial charge in [0.15, 0.2) is 0 Å². The minimum absolute atomic E-state index is 0.226. The molecule has 140 valence electrons. The van der Waals surface area contributed by atoms with Crippen LogP contribution in [0.25, 0.3) is 0 Å². The van der Waals surface area contributed by atoms with Gasteiger partial charge in [0.25, 0.3) is 0 Å². The van der Waals surface area contributed by atoms with Gasteiger partial charge < -0.3 is 19.7 Å². The summed E-state index contributed by atoms with van der Waals surface area (Å²) in [5.74, 6) is 0.940. The van der Waals surface area contributed by atoms with Crippen molar-refractivity contribution < 1.29 is 19.7 Å². The van der Waals surface area contributed by atoms with Gasteiger partial charge in [0.05, 0.1) is 24.9 Å². The molecule has 0 aliphatic carbocycles. The maximum atomic E-state index is 10.4. The molecule has 0 aromatic heterocycles. The number of nitrogens with zero attached hydrogens (tertiary/aromatic N) is 1. The number of hydrogen-bond acceptors (Lipinski definition) is 5. The van der Waals surface area contributed by atoms with E-state index < -0.39 is 11.7 Å². The summed E-state index contributed by atoms with van der Waals surface area (Å²) in [6.45, 7) is 8.96. The molecule has 2 heterocycles. The van der Waals surface area contributed by atoms with Crippen LogP contribution in [0.5, 0.6) is 5.75 Å². The van der Waals surface area contributed by atoms with Crippen molar-refractivity contribution in [1.82, 2.24) is 4.90 Å². The molecule has 5 heteroatoms. The third kappa shape index (κ3) is 3.85. The summed E-state index contributed by atoms with van der Waals surface area (Å²) in [4.78, 5) is 2.45. The van der Waals surface area contributed by atoms with Crippen molar-refractivity contribution in [2.45, 2.75) is 63.9 Å². The second-order valence-corrected chi connectivity index (χ2v) is 8.07. The molecule has 1 aromatic rings. The molecule has 0 saturated carbocycles. The van der Waals surface area contributed by atoms with Gasteiger partial charge in [-0.15, -0.1) is 0 Å². The summed E-state index contributed by atoms with van der Waals surface area (Å²) in [6, 6.07) is 4.33. The summed E-state index contributed by atoms with van der Waals surface area (Å²) < 4.78 is 11.4. The molecule has 2 saturated heterocycles. The van der Waals surface area contributed by atoms with Gasteiger partial charge in [-0.1, -0.05) is 6.07 Å². The Morgan fingerprint density at radius 1 is 1.24 bits per heavy atom. The highest BCUT2D eigenvalue weighted by atomic mass is 16.5. The van der Waals surface area contributed by atoms with Gasteiger partial charge in [-0.2, -0.15) is 0 Å². The summed E-state index contributed by atoms with van der Waals surface area (Å²) >= 11 is 0. The van der Waals surface area contributed by atoms with Crippen LogP contribution in [-0.2, 0) is 11.3 Å². The maximum absolute atomic E-state index is 10.4. The quantitative estimate of drug-likeness (QED) is 0.876. The smallest absolute Gasteiger partial charge is 0.122 e. The normalized spacial score (nSPS) is 29.8. The number of aryl methyl sites for hydroxylation is 2. The number of aliphatic hydroxyl groups is 2. The fraction of sp³-hybridized carbons (Fsp3) is 0.700. The molecule has 0 unspecified atom stereocenters. The van der Waals surface area contributed by atoms with Crippen molar-refractivity contribution in [1.29, 1.82) is 0 Å². The molecule has 3 rings (SSSR count).